The van der Waals surface area contributed by atoms with Crippen molar-refractivity contribution >= 4 is 5.82 Å². The molecule has 1 aromatic rings. The summed E-state index contributed by atoms with van der Waals surface area (Å²) in [5, 5.41) is 11.3. The Hall–Kier alpha value is -1.63. The molecule has 110 valence electrons. The van der Waals surface area contributed by atoms with Gasteiger partial charge in [-0.3, -0.25) is 0 Å². The zero-order chi connectivity index (χ0) is 14.6. The van der Waals surface area contributed by atoms with Crippen LogP contribution in [-0.2, 0) is 6.54 Å². The normalized spacial score (nSPS) is 16.2. The van der Waals surface area contributed by atoms with Gasteiger partial charge < -0.3 is 10.2 Å². The van der Waals surface area contributed by atoms with Crippen molar-refractivity contribution in [3.8, 4) is 0 Å². The van der Waals surface area contributed by atoms with Gasteiger partial charge in [0.15, 0.2) is 5.82 Å². The van der Waals surface area contributed by atoms with Crippen LogP contribution in [-0.4, -0.2) is 36.0 Å². The molecule has 0 aromatic carbocycles. The zero-order valence-electron chi connectivity index (χ0n) is 11.2. The summed E-state index contributed by atoms with van der Waals surface area (Å²) < 4.78 is 37.6. The monoisotopic (exact) mass is 286 g/mol. The van der Waals surface area contributed by atoms with Crippen LogP contribution in [0.5, 0.6) is 0 Å². The van der Waals surface area contributed by atoms with Crippen molar-refractivity contribution in [3.05, 3.63) is 29.5 Å². The van der Waals surface area contributed by atoms with Crippen LogP contribution in [0.2, 0.25) is 0 Å². The van der Waals surface area contributed by atoms with E-state index < -0.39 is 11.7 Å². The van der Waals surface area contributed by atoms with Gasteiger partial charge in [-0.1, -0.05) is 13.0 Å². The van der Waals surface area contributed by atoms with E-state index in [1.165, 1.54) is 6.08 Å². The SMILES string of the molecule is CCNCc1ccc(N2CC=C(C(F)(F)F)CC2)nn1. The van der Waals surface area contributed by atoms with Gasteiger partial charge in [-0.05, 0) is 25.1 Å². The van der Waals surface area contributed by atoms with E-state index in [4.69, 9.17) is 0 Å². The molecule has 1 aliphatic rings. The summed E-state index contributed by atoms with van der Waals surface area (Å²) in [7, 11) is 0. The molecule has 0 saturated heterocycles. The highest BCUT2D eigenvalue weighted by atomic mass is 19.4. The minimum Gasteiger partial charge on any atom is -0.351 e. The Morgan fingerprint density at radius 1 is 1.30 bits per heavy atom. The Balaban J connectivity index is 1.98. The number of nitrogens with zero attached hydrogens (tertiary/aromatic N) is 3. The van der Waals surface area contributed by atoms with Crippen LogP contribution >= 0.6 is 0 Å². The summed E-state index contributed by atoms with van der Waals surface area (Å²) in [6, 6.07) is 3.64. The molecular formula is C13H17F3N4. The lowest BCUT2D eigenvalue weighted by molar-refractivity contribution is -0.0944. The summed E-state index contributed by atoms with van der Waals surface area (Å²) in [4.78, 5) is 1.79. The molecule has 20 heavy (non-hydrogen) atoms. The molecule has 0 radical (unpaired) electrons. The Morgan fingerprint density at radius 2 is 2.10 bits per heavy atom. The number of hydrogen-bond acceptors (Lipinski definition) is 4. The molecule has 0 atom stereocenters. The number of rotatable bonds is 4. The second kappa shape index (κ2) is 6.21. The highest BCUT2D eigenvalue weighted by Gasteiger charge is 2.34. The first-order valence-electron chi connectivity index (χ1n) is 6.55. The molecule has 1 aromatic heterocycles. The Bertz CT molecular complexity index is 467. The van der Waals surface area contributed by atoms with Crippen LogP contribution in [0.1, 0.15) is 19.0 Å². The third kappa shape index (κ3) is 3.69. The van der Waals surface area contributed by atoms with Gasteiger partial charge in [0.25, 0.3) is 0 Å². The van der Waals surface area contributed by atoms with Gasteiger partial charge in [0.2, 0.25) is 0 Å². The molecule has 1 N–H and O–H groups in total. The molecule has 0 spiro atoms. The third-order valence-corrected chi connectivity index (χ3v) is 3.16. The fourth-order valence-corrected chi connectivity index (χ4v) is 2.00. The largest absolute Gasteiger partial charge is 0.412 e. The first-order valence-corrected chi connectivity index (χ1v) is 6.55. The van der Waals surface area contributed by atoms with E-state index in [0.29, 0.717) is 18.9 Å². The van der Waals surface area contributed by atoms with E-state index in [2.05, 4.69) is 15.5 Å². The van der Waals surface area contributed by atoms with Crippen molar-refractivity contribution in [3.63, 3.8) is 0 Å². The smallest absolute Gasteiger partial charge is 0.351 e. The number of alkyl halides is 3. The molecule has 0 amide bonds. The molecule has 0 unspecified atom stereocenters. The molecule has 1 aliphatic heterocycles. The first kappa shape index (κ1) is 14.8. The van der Waals surface area contributed by atoms with Crippen molar-refractivity contribution in [2.75, 3.05) is 24.5 Å². The van der Waals surface area contributed by atoms with E-state index in [1.807, 2.05) is 13.0 Å². The second-order valence-corrected chi connectivity index (χ2v) is 4.59. The Kier molecular flexibility index (Phi) is 4.59. The average molecular weight is 286 g/mol. The average Bonchev–Trinajstić information content (AvgIpc) is 2.45. The molecule has 7 heteroatoms. The lowest BCUT2D eigenvalue weighted by atomic mass is 10.1. The molecule has 0 saturated carbocycles. The van der Waals surface area contributed by atoms with Gasteiger partial charge in [0.1, 0.15) is 0 Å². The summed E-state index contributed by atoms with van der Waals surface area (Å²) in [5.74, 6) is 0.614. The van der Waals surface area contributed by atoms with Crippen molar-refractivity contribution in [1.29, 1.82) is 0 Å². The van der Waals surface area contributed by atoms with Gasteiger partial charge in [-0.15, -0.1) is 5.10 Å². The van der Waals surface area contributed by atoms with Crippen LogP contribution in [0, 0.1) is 0 Å². The van der Waals surface area contributed by atoms with Gasteiger partial charge in [0, 0.05) is 25.2 Å². The standard InChI is InChI=1S/C13H17F3N4/c1-2-17-9-11-3-4-12(19-18-11)20-7-5-10(6-8-20)13(14,15)16/h3-5,17H,2,6-9H2,1H3. The van der Waals surface area contributed by atoms with Gasteiger partial charge >= 0.3 is 6.18 Å². The summed E-state index contributed by atoms with van der Waals surface area (Å²) >= 11 is 0. The lowest BCUT2D eigenvalue weighted by Crippen LogP contribution is -2.32. The fraction of sp³-hybridized carbons (Fsp3) is 0.538. The lowest BCUT2D eigenvalue weighted by Gasteiger charge is -2.27. The Labute approximate surface area is 115 Å². The van der Waals surface area contributed by atoms with Gasteiger partial charge in [-0.25, -0.2) is 0 Å². The van der Waals surface area contributed by atoms with E-state index >= 15 is 0 Å². The minimum absolute atomic E-state index is 0.00960. The third-order valence-electron chi connectivity index (χ3n) is 3.16. The van der Waals surface area contributed by atoms with E-state index in [9.17, 15) is 13.2 Å². The fourth-order valence-electron chi connectivity index (χ4n) is 2.00. The van der Waals surface area contributed by atoms with Crippen molar-refractivity contribution in [2.45, 2.75) is 26.1 Å². The van der Waals surface area contributed by atoms with Crippen molar-refractivity contribution < 1.29 is 13.2 Å². The van der Waals surface area contributed by atoms with Gasteiger partial charge in [0.05, 0.1) is 5.69 Å². The minimum atomic E-state index is -4.21. The van der Waals surface area contributed by atoms with E-state index in [1.54, 1.807) is 11.0 Å². The molecule has 0 fully saturated rings. The number of halogens is 3. The van der Waals surface area contributed by atoms with Crippen LogP contribution in [0.4, 0.5) is 19.0 Å². The summed E-state index contributed by atoms with van der Waals surface area (Å²) in [6.45, 7) is 4.02. The van der Waals surface area contributed by atoms with Crippen molar-refractivity contribution in [1.82, 2.24) is 15.5 Å². The maximum Gasteiger partial charge on any atom is 0.412 e. The summed E-state index contributed by atoms with van der Waals surface area (Å²) in [5.41, 5.74) is 0.365. The highest BCUT2D eigenvalue weighted by molar-refractivity contribution is 5.40. The van der Waals surface area contributed by atoms with Crippen LogP contribution < -0.4 is 10.2 Å². The quantitative estimate of drug-likeness (QED) is 0.862. The maximum absolute atomic E-state index is 12.5. The van der Waals surface area contributed by atoms with E-state index in [0.717, 1.165) is 12.2 Å². The second-order valence-electron chi connectivity index (χ2n) is 4.59. The molecule has 4 nitrogen and oxygen atoms in total. The number of anilines is 1. The molecule has 2 rings (SSSR count). The summed E-state index contributed by atoms with van der Waals surface area (Å²) in [6.07, 6.45) is -3.00. The number of aromatic nitrogens is 2. The van der Waals surface area contributed by atoms with Crippen LogP contribution in [0.25, 0.3) is 0 Å². The predicted molar refractivity (Wildman–Crippen MR) is 70.4 cm³/mol. The zero-order valence-corrected chi connectivity index (χ0v) is 11.2. The Morgan fingerprint density at radius 3 is 2.60 bits per heavy atom. The van der Waals surface area contributed by atoms with Gasteiger partial charge in [-0.2, -0.15) is 18.3 Å². The molecule has 2 heterocycles. The predicted octanol–water partition coefficient (Wildman–Crippen LogP) is 2.28. The van der Waals surface area contributed by atoms with Crippen LogP contribution in [0.15, 0.2) is 23.8 Å². The highest BCUT2D eigenvalue weighted by Crippen LogP contribution is 2.30. The van der Waals surface area contributed by atoms with Crippen LogP contribution in [0.3, 0.4) is 0 Å². The maximum atomic E-state index is 12.5. The number of hydrogen-bond donors (Lipinski definition) is 1. The van der Waals surface area contributed by atoms with Crippen molar-refractivity contribution in [2.24, 2.45) is 0 Å². The van der Waals surface area contributed by atoms with E-state index in [-0.39, 0.29) is 13.0 Å². The first-order chi connectivity index (χ1) is 9.50. The molecule has 0 aliphatic carbocycles. The topological polar surface area (TPSA) is 41.0 Å². The number of nitrogens with one attached hydrogen (secondary N) is 1. The molecule has 0 bridgehead atoms. The molecular weight excluding hydrogens is 269 g/mol.